The van der Waals surface area contributed by atoms with E-state index in [9.17, 15) is 4.79 Å². The van der Waals surface area contributed by atoms with E-state index >= 15 is 0 Å². The molecule has 1 saturated carbocycles. The van der Waals surface area contributed by atoms with E-state index in [1.165, 1.54) is 25.7 Å². The number of rotatable bonds is 2. The third-order valence-electron chi connectivity index (χ3n) is 4.09. The van der Waals surface area contributed by atoms with Crippen molar-refractivity contribution in [3.63, 3.8) is 0 Å². The molecule has 1 amide bonds. The maximum Gasteiger partial charge on any atom is 0.228 e. The number of nitrogens with one attached hydrogen (secondary N) is 1. The molecule has 0 heterocycles. The molecule has 0 aliphatic heterocycles. The monoisotopic (exact) mass is 241 g/mol. The summed E-state index contributed by atoms with van der Waals surface area (Å²) in [6.07, 6.45) is 9.44. The molecule has 3 rings (SSSR count). The average Bonchev–Trinajstić information content (AvgIpc) is 3.02. The number of amides is 1. The lowest BCUT2D eigenvalue weighted by Crippen LogP contribution is -2.15. The van der Waals surface area contributed by atoms with Crippen LogP contribution in [0.25, 0.3) is 0 Å². The highest BCUT2D eigenvalue weighted by atomic mass is 16.2. The van der Waals surface area contributed by atoms with Crippen molar-refractivity contribution in [1.29, 1.82) is 0 Å². The Labute approximate surface area is 108 Å². The van der Waals surface area contributed by atoms with Crippen molar-refractivity contribution in [2.24, 2.45) is 17.8 Å². The van der Waals surface area contributed by atoms with E-state index in [4.69, 9.17) is 0 Å². The largest absolute Gasteiger partial charge is 0.326 e. The molecular weight excluding hydrogens is 222 g/mol. The minimum Gasteiger partial charge on any atom is -0.326 e. The highest BCUT2D eigenvalue weighted by Gasteiger charge is 2.52. The van der Waals surface area contributed by atoms with Crippen LogP contribution in [0.4, 0.5) is 5.69 Å². The van der Waals surface area contributed by atoms with Gasteiger partial charge >= 0.3 is 0 Å². The van der Waals surface area contributed by atoms with E-state index in [2.05, 4.69) is 17.5 Å². The number of anilines is 1. The number of hydrogen-bond donors (Lipinski definition) is 1. The molecule has 0 saturated heterocycles. The second-order valence-electron chi connectivity index (χ2n) is 5.33. The molecule has 0 radical (unpaired) electrons. The molecule has 94 valence electrons. The molecule has 1 fully saturated rings. The van der Waals surface area contributed by atoms with Gasteiger partial charge in [-0.15, -0.1) is 0 Å². The van der Waals surface area contributed by atoms with Gasteiger partial charge in [0.2, 0.25) is 5.91 Å². The molecule has 18 heavy (non-hydrogen) atoms. The summed E-state index contributed by atoms with van der Waals surface area (Å²) < 4.78 is 0. The first-order valence-corrected chi connectivity index (χ1v) is 6.89. The van der Waals surface area contributed by atoms with Gasteiger partial charge in [0.25, 0.3) is 0 Å². The average molecular weight is 241 g/mol. The van der Waals surface area contributed by atoms with Crippen LogP contribution in [-0.4, -0.2) is 5.91 Å². The molecule has 0 bridgehead atoms. The molecule has 0 spiro atoms. The van der Waals surface area contributed by atoms with Crippen molar-refractivity contribution in [3.8, 4) is 0 Å². The second kappa shape index (κ2) is 4.97. The molecule has 2 aliphatic carbocycles. The normalized spacial score (nSPS) is 31.7. The van der Waals surface area contributed by atoms with Gasteiger partial charge in [-0.05, 0) is 43.2 Å². The van der Waals surface area contributed by atoms with Gasteiger partial charge in [0.05, 0.1) is 0 Å². The Kier molecular flexibility index (Phi) is 3.18. The Morgan fingerprint density at radius 3 is 2.83 bits per heavy atom. The third kappa shape index (κ3) is 2.33. The van der Waals surface area contributed by atoms with Crippen LogP contribution in [0.1, 0.15) is 25.7 Å². The summed E-state index contributed by atoms with van der Waals surface area (Å²) in [5.74, 6) is 1.49. The van der Waals surface area contributed by atoms with Crippen LogP contribution in [-0.2, 0) is 4.79 Å². The maximum atomic E-state index is 12.2. The zero-order valence-corrected chi connectivity index (χ0v) is 10.5. The summed E-state index contributed by atoms with van der Waals surface area (Å²) in [6.45, 7) is 0. The van der Waals surface area contributed by atoms with Gasteiger partial charge in [-0.3, -0.25) is 4.79 Å². The fraction of sp³-hybridized carbons (Fsp3) is 0.438. The Morgan fingerprint density at radius 1 is 1.17 bits per heavy atom. The number of hydrogen-bond acceptors (Lipinski definition) is 1. The van der Waals surface area contributed by atoms with Crippen LogP contribution >= 0.6 is 0 Å². The summed E-state index contributed by atoms with van der Waals surface area (Å²) in [5, 5.41) is 3.03. The van der Waals surface area contributed by atoms with Crippen molar-refractivity contribution < 1.29 is 4.79 Å². The van der Waals surface area contributed by atoms with Gasteiger partial charge in [0.15, 0.2) is 0 Å². The summed E-state index contributed by atoms with van der Waals surface area (Å²) in [5.41, 5.74) is 0.908. The lowest BCUT2D eigenvalue weighted by atomic mass is 10.1. The fourth-order valence-corrected chi connectivity index (χ4v) is 3.05. The van der Waals surface area contributed by atoms with Crippen molar-refractivity contribution in [2.75, 3.05) is 5.32 Å². The van der Waals surface area contributed by atoms with E-state index in [1.807, 2.05) is 30.3 Å². The van der Waals surface area contributed by atoms with E-state index in [0.717, 1.165) is 5.69 Å². The molecule has 2 heteroatoms. The molecule has 1 N–H and O–H groups in total. The number of para-hydroxylation sites is 1. The highest BCUT2D eigenvalue weighted by Crippen LogP contribution is 2.51. The van der Waals surface area contributed by atoms with Gasteiger partial charge in [-0.2, -0.15) is 0 Å². The zero-order valence-electron chi connectivity index (χ0n) is 10.5. The Balaban J connectivity index is 1.64. The molecule has 0 unspecified atom stereocenters. The summed E-state index contributed by atoms with van der Waals surface area (Å²) in [6, 6.07) is 9.75. The molecular formula is C16H19NO. The van der Waals surface area contributed by atoms with Crippen LogP contribution in [0.5, 0.6) is 0 Å². The third-order valence-corrected chi connectivity index (χ3v) is 4.09. The number of fused-ring (bicyclic) bond motifs is 1. The van der Waals surface area contributed by atoms with Crippen molar-refractivity contribution in [1.82, 2.24) is 0 Å². The van der Waals surface area contributed by atoms with Crippen LogP contribution in [0.2, 0.25) is 0 Å². The highest BCUT2D eigenvalue weighted by molar-refractivity contribution is 5.95. The predicted molar refractivity (Wildman–Crippen MR) is 73.1 cm³/mol. The minimum absolute atomic E-state index is 0.197. The van der Waals surface area contributed by atoms with Crippen LogP contribution in [0.15, 0.2) is 42.5 Å². The minimum atomic E-state index is 0.197. The molecule has 1 aromatic rings. The first-order chi connectivity index (χ1) is 8.86. The lowest BCUT2D eigenvalue weighted by molar-refractivity contribution is -0.117. The van der Waals surface area contributed by atoms with Gasteiger partial charge < -0.3 is 5.32 Å². The van der Waals surface area contributed by atoms with Crippen LogP contribution in [0, 0.1) is 17.8 Å². The van der Waals surface area contributed by atoms with Crippen molar-refractivity contribution >= 4 is 11.6 Å². The summed E-state index contributed by atoms with van der Waals surface area (Å²) in [4.78, 5) is 12.2. The number of carbonyl (C=O) groups is 1. The van der Waals surface area contributed by atoms with E-state index in [0.29, 0.717) is 11.8 Å². The maximum absolute atomic E-state index is 12.2. The Hall–Kier alpha value is -1.57. The van der Waals surface area contributed by atoms with Gasteiger partial charge in [-0.25, -0.2) is 0 Å². The molecule has 2 aliphatic rings. The number of carbonyl (C=O) groups excluding carboxylic acids is 1. The first-order valence-electron chi connectivity index (χ1n) is 6.89. The van der Waals surface area contributed by atoms with Crippen molar-refractivity contribution in [3.05, 3.63) is 42.5 Å². The lowest BCUT2D eigenvalue weighted by Gasteiger charge is -2.04. The smallest absolute Gasteiger partial charge is 0.228 e. The molecule has 2 nitrogen and oxygen atoms in total. The molecule has 3 atom stereocenters. The number of benzene rings is 1. The molecule has 0 aromatic heterocycles. The standard InChI is InChI=1S/C16H19NO/c18-16(17-12-8-4-3-5-9-12)15-13-10-6-1-2-7-11-14(13)15/h3-6,8-10,13-15H,1-2,7,11H2,(H,17,18)/b10-6-/t13-,14-,15-/m0/s1. The van der Waals surface area contributed by atoms with Crippen LogP contribution < -0.4 is 5.32 Å². The van der Waals surface area contributed by atoms with Crippen LogP contribution in [0.3, 0.4) is 0 Å². The first kappa shape index (κ1) is 11.5. The second-order valence-corrected chi connectivity index (χ2v) is 5.33. The van der Waals surface area contributed by atoms with Crippen molar-refractivity contribution in [2.45, 2.75) is 25.7 Å². The zero-order chi connectivity index (χ0) is 12.4. The fourth-order valence-electron chi connectivity index (χ4n) is 3.05. The van der Waals surface area contributed by atoms with E-state index in [1.54, 1.807) is 0 Å². The Bertz CT molecular complexity index is 451. The predicted octanol–water partition coefficient (Wildman–Crippen LogP) is 3.62. The molecule has 1 aromatic carbocycles. The quantitative estimate of drug-likeness (QED) is 0.787. The summed E-state index contributed by atoms with van der Waals surface area (Å²) >= 11 is 0. The Morgan fingerprint density at radius 2 is 2.00 bits per heavy atom. The van der Waals surface area contributed by atoms with E-state index < -0.39 is 0 Å². The van der Waals surface area contributed by atoms with Gasteiger partial charge in [-0.1, -0.05) is 36.8 Å². The summed E-state index contributed by atoms with van der Waals surface area (Å²) in [7, 11) is 0. The van der Waals surface area contributed by atoms with E-state index in [-0.39, 0.29) is 11.8 Å². The van der Waals surface area contributed by atoms with Gasteiger partial charge in [0, 0.05) is 11.6 Å². The van der Waals surface area contributed by atoms with Gasteiger partial charge in [0.1, 0.15) is 0 Å². The number of allylic oxidation sites excluding steroid dienone is 2. The topological polar surface area (TPSA) is 29.1 Å². The SMILES string of the molecule is O=C(Nc1ccccc1)[C@H]1[C@H]2/C=C\CCCC[C@@H]21.